The van der Waals surface area contributed by atoms with Gasteiger partial charge in [0, 0.05) is 83.2 Å². The van der Waals surface area contributed by atoms with Crippen LogP contribution in [0.4, 0.5) is 37.7 Å². The minimum absolute atomic E-state index is 0.0352. The molecule has 3 N–H and O–H groups in total. The number of rotatable bonds is 21. The van der Waals surface area contributed by atoms with Crippen molar-refractivity contribution in [3.63, 3.8) is 0 Å². The van der Waals surface area contributed by atoms with Crippen LogP contribution in [0.25, 0.3) is 0 Å². The highest BCUT2D eigenvalue weighted by Gasteiger charge is 2.46. The van der Waals surface area contributed by atoms with Crippen LogP contribution < -0.4 is 29.3 Å². The number of carbonyl (C=O) groups excluding carboxylic acids is 3. The van der Waals surface area contributed by atoms with Gasteiger partial charge in [-0.3, -0.25) is 23.6 Å². The van der Waals surface area contributed by atoms with Gasteiger partial charge < -0.3 is 44.8 Å². The number of likely N-dealkylation sites (N-methyl/N-ethyl adjacent to an activating group) is 2. The van der Waals surface area contributed by atoms with Crippen LogP contribution in [0.1, 0.15) is 179 Å². The summed E-state index contributed by atoms with van der Waals surface area (Å²) in [5.41, 5.74) is 2.95. The van der Waals surface area contributed by atoms with E-state index in [1.165, 1.54) is 56.1 Å². The minimum Gasteiger partial charge on any atom is -0.497 e. The molecule has 4 saturated heterocycles. The molecule has 9 aromatic carbocycles. The molecule has 0 bridgehead atoms. The third-order valence-corrected chi connectivity index (χ3v) is 29.5. The number of piperazine rings is 1. The molecular formula is C97H113Cl2F6N9O10S2. The molecule has 0 aromatic heterocycles. The number of aryl methyl sites for hydroxylation is 1. The Morgan fingerprint density at radius 3 is 1.49 bits per heavy atom. The summed E-state index contributed by atoms with van der Waals surface area (Å²) in [7, 11) is 1.12. The number of methoxy groups -OCH3 is 1. The Balaban J connectivity index is 0.000000154. The van der Waals surface area contributed by atoms with E-state index in [1.807, 2.05) is 135 Å². The number of aliphatic hydroxyl groups is 1. The lowest BCUT2D eigenvalue weighted by Gasteiger charge is -2.49. The first-order valence-corrected chi connectivity index (χ1v) is 46.8. The van der Waals surface area contributed by atoms with Gasteiger partial charge in [-0.2, -0.15) is 26.3 Å². The van der Waals surface area contributed by atoms with Crippen molar-refractivity contribution in [3.8, 4) is 11.5 Å². The van der Waals surface area contributed by atoms with Crippen LogP contribution in [0.5, 0.6) is 11.5 Å². The number of likely N-dealkylation sites (tertiary alicyclic amines) is 3. The van der Waals surface area contributed by atoms with Crippen LogP contribution in [0, 0.1) is 6.92 Å². The number of hydrogen-bond donors (Lipinski definition) is 3. The molecule has 674 valence electrons. The van der Waals surface area contributed by atoms with Crippen LogP contribution in [0.15, 0.2) is 234 Å². The van der Waals surface area contributed by atoms with Gasteiger partial charge in [-0.25, -0.2) is 21.1 Å². The number of hydrogen-bond acceptors (Lipinski definition) is 14. The second kappa shape index (κ2) is 43.0. The zero-order valence-corrected chi connectivity index (χ0v) is 75.1. The van der Waals surface area contributed by atoms with Gasteiger partial charge in [0.1, 0.15) is 17.1 Å². The number of amides is 3. The molecular weight excluding hydrogens is 1700 g/mol. The van der Waals surface area contributed by atoms with Crippen LogP contribution in [-0.2, 0) is 38.0 Å². The average Bonchev–Trinajstić information content (AvgIpc) is 0.831. The molecule has 2 saturated carbocycles. The van der Waals surface area contributed by atoms with Gasteiger partial charge >= 0.3 is 12.4 Å². The van der Waals surface area contributed by atoms with E-state index in [2.05, 4.69) is 61.4 Å². The highest BCUT2D eigenvalue weighted by Crippen LogP contribution is 2.44. The summed E-state index contributed by atoms with van der Waals surface area (Å²) in [6, 6.07) is 64.1. The Morgan fingerprint density at radius 1 is 0.508 bits per heavy atom. The Morgan fingerprint density at radius 2 is 0.992 bits per heavy atom. The fraction of sp³-hybridized carbons (Fsp3) is 0.412. The number of piperidine rings is 1. The number of alkyl halides is 6. The zero-order valence-electron chi connectivity index (χ0n) is 72.0. The smallest absolute Gasteiger partial charge is 0.417 e. The molecule has 19 nitrogen and oxygen atoms in total. The lowest BCUT2D eigenvalue weighted by Crippen LogP contribution is -2.57. The topological polar surface area (TPSA) is 205 Å². The second-order valence-electron chi connectivity index (χ2n) is 33.4. The number of anilines is 2. The third-order valence-electron chi connectivity index (χ3n) is 24.9. The number of nitrogens with one attached hydrogen (secondary N) is 2. The molecule has 2 unspecified atom stereocenters. The molecule has 0 spiro atoms. The van der Waals surface area contributed by atoms with Gasteiger partial charge in [0.2, 0.25) is 10.0 Å². The highest BCUT2D eigenvalue weighted by molar-refractivity contribution is 7.92. The van der Waals surface area contributed by atoms with Crippen molar-refractivity contribution < 1.29 is 72.1 Å². The summed E-state index contributed by atoms with van der Waals surface area (Å²) >= 11 is 11.9. The van der Waals surface area contributed by atoms with Crippen molar-refractivity contribution in [2.75, 3.05) is 96.9 Å². The van der Waals surface area contributed by atoms with Crippen LogP contribution in [-0.4, -0.2) is 181 Å². The van der Waals surface area contributed by atoms with E-state index >= 15 is 0 Å². The number of nitrogens with zero attached hydrogens (tertiary/aromatic N) is 7. The molecule has 6 fully saturated rings. The van der Waals surface area contributed by atoms with Crippen molar-refractivity contribution in [1.82, 2.24) is 34.5 Å². The number of ether oxygens (including phenoxy) is 2. The first-order valence-electron chi connectivity index (χ1n) is 43.2. The van der Waals surface area contributed by atoms with Crippen molar-refractivity contribution in [1.29, 1.82) is 0 Å². The maximum absolute atomic E-state index is 13.9. The van der Waals surface area contributed by atoms with Gasteiger partial charge in [-0.05, 0) is 219 Å². The molecule has 3 amide bonds. The first-order chi connectivity index (χ1) is 60.3. The zero-order chi connectivity index (χ0) is 90.1. The van der Waals surface area contributed by atoms with E-state index in [4.69, 9.17) is 32.7 Å². The Labute approximate surface area is 747 Å². The fourth-order valence-electron chi connectivity index (χ4n) is 18.0. The maximum atomic E-state index is 13.9. The number of halogens is 8. The van der Waals surface area contributed by atoms with Crippen LogP contribution >= 0.6 is 23.2 Å². The van der Waals surface area contributed by atoms with E-state index < -0.39 is 71.0 Å². The molecule has 126 heavy (non-hydrogen) atoms. The van der Waals surface area contributed by atoms with E-state index in [1.54, 1.807) is 46.6 Å². The summed E-state index contributed by atoms with van der Waals surface area (Å²) in [5, 5.41) is 16.6. The van der Waals surface area contributed by atoms with Gasteiger partial charge in [0.15, 0.2) is 0 Å². The van der Waals surface area contributed by atoms with E-state index in [0.717, 1.165) is 168 Å². The molecule has 4 aliphatic heterocycles. The lowest BCUT2D eigenvalue weighted by molar-refractivity contribution is -0.138. The van der Waals surface area contributed by atoms with E-state index in [9.17, 15) is 62.7 Å². The summed E-state index contributed by atoms with van der Waals surface area (Å²) in [6.07, 6.45) is 6.24. The third kappa shape index (κ3) is 23.5. The molecule has 29 heteroatoms. The normalized spacial score (nSPS) is 20.0. The molecule has 15 rings (SSSR count). The monoisotopic (exact) mass is 1810 g/mol. The van der Waals surface area contributed by atoms with Gasteiger partial charge in [0.25, 0.3) is 27.7 Å². The predicted molar refractivity (Wildman–Crippen MR) is 483 cm³/mol. The predicted octanol–water partition coefficient (Wildman–Crippen LogP) is 19.3. The summed E-state index contributed by atoms with van der Waals surface area (Å²) in [4.78, 5) is 50.5. The maximum Gasteiger partial charge on any atom is 0.417 e. The molecule has 2 aliphatic carbocycles. The Kier molecular flexibility index (Phi) is 32.6. The second-order valence-corrected chi connectivity index (χ2v) is 38.1. The van der Waals surface area contributed by atoms with Crippen molar-refractivity contribution >= 4 is 72.3 Å². The quantitative estimate of drug-likeness (QED) is 0.0573. The minimum atomic E-state index is -4.62. The summed E-state index contributed by atoms with van der Waals surface area (Å²) < 4.78 is 146. The van der Waals surface area contributed by atoms with Gasteiger partial charge in [0.05, 0.1) is 78.6 Å². The lowest BCUT2D eigenvalue weighted by atomic mass is 9.74. The fourth-order valence-corrected chi connectivity index (χ4v) is 21.3. The number of para-hydroxylation sites is 1. The van der Waals surface area contributed by atoms with E-state index in [-0.39, 0.29) is 69.2 Å². The van der Waals surface area contributed by atoms with Gasteiger partial charge in [-0.15, -0.1) is 0 Å². The number of sulfonamides is 2. The highest BCUT2D eigenvalue weighted by atomic mass is 35.5. The Hall–Kier alpha value is -9.55. The average molecular weight is 1810 g/mol. The molecule has 0 radical (unpaired) electrons. The van der Waals surface area contributed by atoms with Crippen molar-refractivity contribution in [2.45, 2.75) is 180 Å². The Bertz CT molecular complexity index is 5310. The largest absolute Gasteiger partial charge is 0.497 e. The van der Waals surface area contributed by atoms with Crippen LogP contribution in [0.2, 0.25) is 10.0 Å². The summed E-state index contributed by atoms with van der Waals surface area (Å²) in [6.45, 7) is 7.96. The molecule has 6 aliphatic rings. The van der Waals surface area contributed by atoms with Gasteiger partial charge in [-0.1, -0.05) is 188 Å². The molecule has 9 aromatic rings. The standard InChI is InChI=1S/C30H36N2O4S.C25H33N3O4S.C22H24ClF3N2O.C20H20ClF3N2O/c1-36-27-15-17-28(18-16-27)37(34,35)32(25-12-6-3-7-13-25)26-19-22-31(23-20-26)29-14-8-9-21-30(29,33)24-10-4-2-5-11-24;1-19-8-10-20(11-9-19)27-14-16-28(17-15-27)25(29)23-18-22(33(30,31)26(2)3)12-13-24(23)32-21-6-4-5-7-21;1-28-14-7-3-6-13-18(28)20(15-9-4-2-5-10-15)27-21(29)16-11-8-12-17(19(16)23)22(24,25)26;1-26-12-6-11-16(26)18(13-7-3-2-4-8-13)25-19(27)14-9-5-10-15(17(14)21)20(22,23)24/h2-7,10-13,15-18,26,29,33H,8-9,14,19-23H2,1H3;8-13,18,21H,4-7,14-17H2,1-3H3;2,4-5,8-12,18,20H,3,6-7,13-14H2,1H3,(H,27,29);2-5,7-10,16,18H,6,11-12H2,1H3,(H,25,27)/t;;18-,20-;16-,18-/m..11/s1. The van der Waals surface area contributed by atoms with Crippen molar-refractivity contribution in [2.24, 2.45) is 0 Å². The SMILES string of the molecule is CN1CCCCC[C@@H]1[C@H](NC(=O)c1cccc(C(F)(F)F)c1Cl)c1ccccc1.CN1CCC[C@@H]1[C@H](NC(=O)c1cccc(C(F)(F)F)c1Cl)c1ccccc1.COc1ccc(S(=O)(=O)N(c2ccccc2)C2CCN(C3CCCCC3(O)c3ccccc3)CC2)cc1.Cc1ccc(N2CCN(C(=O)c3cc(S(=O)(=O)N(C)C)ccc3OC3CCCC3)CC2)cc1. The summed E-state index contributed by atoms with van der Waals surface area (Å²) in [5.74, 6) is -0.294. The first kappa shape index (κ1) is 95.6. The van der Waals surface area contributed by atoms with E-state index in [0.29, 0.717) is 48.7 Å². The molecule has 6 atom stereocenters. The van der Waals surface area contributed by atoms with Crippen molar-refractivity contribution in [3.05, 3.63) is 285 Å². The molecule has 4 heterocycles. The number of carbonyl (C=O) groups is 3. The van der Waals surface area contributed by atoms with Crippen LogP contribution in [0.3, 0.4) is 0 Å². The number of benzene rings is 9.